The van der Waals surface area contributed by atoms with E-state index in [1.54, 1.807) is 0 Å². The molecule has 3 nitrogen and oxygen atoms in total. The van der Waals surface area contributed by atoms with Gasteiger partial charge in [-0.05, 0) is 33.7 Å². The van der Waals surface area contributed by atoms with E-state index in [9.17, 15) is 0 Å². The second kappa shape index (κ2) is 4.73. The van der Waals surface area contributed by atoms with Crippen LogP contribution in [0.3, 0.4) is 0 Å². The predicted molar refractivity (Wildman–Crippen MR) is 57.9 cm³/mol. The van der Waals surface area contributed by atoms with Gasteiger partial charge in [0.15, 0.2) is 5.88 Å². The third kappa shape index (κ3) is 3.34. The van der Waals surface area contributed by atoms with Gasteiger partial charge >= 0.3 is 0 Å². The second-order valence-electron chi connectivity index (χ2n) is 2.60. The molecule has 1 atom stereocenters. The van der Waals surface area contributed by atoms with E-state index >= 15 is 0 Å². The maximum absolute atomic E-state index is 5.26. The monoisotopic (exact) mass is 196 g/mol. The third-order valence-electron chi connectivity index (χ3n) is 1.54. The Hall–Kier alpha value is -1.21. The lowest BCUT2D eigenvalue weighted by molar-refractivity contribution is 0.197. The Morgan fingerprint density at radius 1 is 1.46 bits per heavy atom. The Bertz CT molecular complexity index is 284. The van der Waals surface area contributed by atoms with Crippen LogP contribution in [-0.4, -0.2) is 0 Å². The van der Waals surface area contributed by atoms with Gasteiger partial charge in [0.2, 0.25) is 0 Å². The summed E-state index contributed by atoms with van der Waals surface area (Å²) in [5, 5.41) is 2.95. The van der Waals surface area contributed by atoms with E-state index in [0.717, 1.165) is 11.3 Å². The van der Waals surface area contributed by atoms with Gasteiger partial charge in [-0.25, -0.2) is 0 Å². The molecule has 0 bridgehead atoms. The molecule has 0 saturated carbocycles. The average molecular weight is 196 g/mol. The largest absolute Gasteiger partial charge is 0.475 e. The zero-order chi connectivity index (χ0) is 9.68. The first kappa shape index (κ1) is 9.87. The topological polar surface area (TPSA) is 47.3 Å². The van der Waals surface area contributed by atoms with Gasteiger partial charge in [-0.3, -0.25) is 0 Å². The van der Waals surface area contributed by atoms with E-state index in [1.165, 1.54) is 0 Å². The van der Waals surface area contributed by atoms with Crippen molar-refractivity contribution in [3.05, 3.63) is 42.3 Å². The number of hydrogen-bond donors (Lipinski definition) is 2. The molecule has 0 heterocycles. The lowest BCUT2D eigenvalue weighted by Gasteiger charge is -2.05. The summed E-state index contributed by atoms with van der Waals surface area (Å²) in [6.45, 7) is 3.91. The molecule has 1 aromatic carbocycles. The fourth-order valence-electron chi connectivity index (χ4n) is 0.873. The van der Waals surface area contributed by atoms with Crippen LogP contribution in [0.25, 0.3) is 0 Å². The number of rotatable bonds is 4. The smallest absolute Gasteiger partial charge is 0.176 e. The molecule has 70 valence electrons. The number of hydrogen-bond acceptors (Lipinski definition) is 3. The fraction of sp³-hybridized carbons (Fsp3) is 0.111. The number of ether oxygens (including phenoxy) is 1. The van der Waals surface area contributed by atoms with E-state index in [-0.39, 0.29) is 5.88 Å². The predicted octanol–water partition coefficient (Wildman–Crippen LogP) is 1.84. The molecular weight excluding hydrogens is 183 g/mol. The molecular formula is C9H13N2OP. The zero-order valence-electron chi connectivity index (χ0n) is 7.29. The summed E-state index contributed by atoms with van der Waals surface area (Å²) < 4.78 is 5.06. The number of benzene rings is 1. The van der Waals surface area contributed by atoms with E-state index in [0.29, 0.717) is 6.61 Å². The van der Waals surface area contributed by atoms with Crippen LogP contribution in [0.4, 0.5) is 5.69 Å². The number of anilines is 1. The van der Waals surface area contributed by atoms with Gasteiger partial charge in [-0.15, -0.1) is 0 Å². The standard InChI is InChI=1S/C9H13N2OP/c1-7(10)12-6-8-2-4-9(11-13)5-3-8/h2-5,11H,1,6,10,13H2. The van der Waals surface area contributed by atoms with Gasteiger partial charge in [-0.2, -0.15) is 0 Å². The molecule has 0 amide bonds. The Kier molecular flexibility index (Phi) is 3.59. The van der Waals surface area contributed by atoms with Crippen molar-refractivity contribution in [3.8, 4) is 0 Å². The SMILES string of the molecule is C=C(N)OCc1ccc(NP)cc1. The molecule has 0 radical (unpaired) electrons. The normalized spacial score (nSPS) is 9.31. The quantitative estimate of drug-likeness (QED) is 0.570. The van der Waals surface area contributed by atoms with E-state index in [2.05, 4.69) is 21.1 Å². The number of nitrogens with one attached hydrogen (secondary N) is 1. The van der Waals surface area contributed by atoms with Crippen LogP contribution in [-0.2, 0) is 11.3 Å². The zero-order valence-corrected chi connectivity index (χ0v) is 8.44. The van der Waals surface area contributed by atoms with Crippen LogP contribution >= 0.6 is 9.39 Å². The lowest BCUT2D eigenvalue weighted by Crippen LogP contribution is -2.00. The summed E-state index contributed by atoms with van der Waals surface area (Å²) in [5.41, 5.74) is 7.37. The van der Waals surface area contributed by atoms with Crippen molar-refractivity contribution in [2.45, 2.75) is 6.61 Å². The Balaban J connectivity index is 2.54. The summed E-state index contributed by atoms with van der Waals surface area (Å²) in [4.78, 5) is 0. The Morgan fingerprint density at radius 3 is 2.54 bits per heavy atom. The van der Waals surface area contributed by atoms with Crippen molar-refractivity contribution < 1.29 is 4.74 Å². The first-order valence-electron chi connectivity index (χ1n) is 3.85. The first-order chi connectivity index (χ1) is 6.22. The van der Waals surface area contributed by atoms with Gasteiger partial charge < -0.3 is 15.6 Å². The van der Waals surface area contributed by atoms with Crippen LogP contribution in [0.2, 0.25) is 0 Å². The van der Waals surface area contributed by atoms with Crippen LogP contribution in [0.15, 0.2) is 36.7 Å². The van der Waals surface area contributed by atoms with Gasteiger partial charge in [0, 0.05) is 5.69 Å². The first-order valence-corrected chi connectivity index (χ1v) is 4.43. The molecule has 0 saturated heterocycles. The minimum absolute atomic E-state index is 0.244. The average Bonchev–Trinajstić information content (AvgIpc) is 2.15. The molecule has 3 N–H and O–H groups in total. The fourth-order valence-corrected chi connectivity index (χ4v) is 1.07. The summed E-state index contributed by atoms with van der Waals surface area (Å²) in [6.07, 6.45) is 0. The van der Waals surface area contributed by atoms with Crippen molar-refractivity contribution >= 4 is 15.1 Å². The van der Waals surface area contributed by atoms with Crippen molar-refractivity contribution in [2.75, 3.05) is 5.09 Å². The summed E-state index contributed by atoms with van der Waals surface area (Å²) in [5.74, 6) is 0.244. The molecule has 0 aromatic heterocycles. The Morgan fingerprint density at radius 2 is 2.08 bits per heavy atom. The van der Waals surface area contributed by atoms with E-state index in [1.807, 2.05) is 24.3 Å². The highest BCUT2D eigenvalue weighted by Gasteiger charge is 1.93. The van der Waals surface area contributed by atoms with Crippen LogP contribution in [0, 0.1) is 0 Å². The lowest BCUT2D eigenvalue weighted by atomic mass is 10.2. The molecule has 0 aliphatic carbocycles. The van der Waals surface area contributed by atoms with Gasteiger partial charge in [0.25, 0.3) is 0 Å². The summed E-state index contributed by atoms with van der Waals surface area (Å²) in [7, 11) is 2.44. The molecule has 1 rings (SSSR count). The maximum atomic E-state index is 5.26. The molecule has 1 unspecified atom stereocenters. The highest BCUT2D eigenvalue weighted by atomic mass is 31.0. The van der Waals surface area contributed by atoms with Crippen LogP contribution in [0.5, 0.6) is 0 Å². The second-order valence-corrected chi connectivity index (χ2v) is 2.88. The van der Waals surface area contributed by atoms with E-state index < -0.39 is 0 Å². The van der Waals surface area contributed by atoms with Gasteiger partial charge in [0.1, 0.15) is 6.61 Å². The maximum Gasteiger partial charge on any atom is 0.176 e. The van der Waals surface area contributed by atoms with Crippen molar-refractivity contribution in [2.24, 2.45) is 5.73 Å². The molecule has 13 heavy (non-hydrogen) atoms. The molecule has 0 spiro atoms. The van der Waals surface area contributed by atoms with Crippen molar-refractivity contribution in [1.82, 2.24) is 0 Å². The molecule has 0 aliphatic heterocycles. The Labute approximate surface area is 80.2 Å². The number of nitrogens with two attached hydrogens (primary N) is 1. The summed E-state index contributed by atoms with van der Waals surface area (Å²) in [6, 6.07) is 7.86. The minimum atomic E-state index is 0.244. The summed E-state index contributed by atoms with van der Waals surface area (Å²) >= 11 is 0. The molecule has 1 aromatic rings. The van der Waals surface area contributed by atoms with Crippen molar-refractivity contribution in [1.29, 1.82) is 0 Å². The van der Waals surface area contributed by atoms with Crippen LogP contribution in [0.1, 0.15) is 5.56 Å². The van der Waals surface area contributed by atoms with Gasteiger partial charge in [0.05, 0.1) is 0 Å². The van der Waals surface area contributed by atoms with E-state index in [4.69, 9.17) is 10.5 Å². The van der Waals surface area contributed by atoms with Crippen LogP contribution < -0.4 is 10.8 Å². The van der Waals surface area contributed by atoms with Gasteiger partial charge in [-0.1, -0.05) is 12.1 Å². The molecule has 0 fully saturated rings. The minimum Gasteiger partial charge on any atom is -0.475 e. The molecule has 4 heteroatoms. The van der Waals surface area contributed by atoms with Crippen molar-refractivity contribution in [3.63, 3.8) is 0 Å². The highest BCUT2D eigenvalue weighted by Crippen LogP contribution is 2.11. The third-order valence-corrected chi connectivity index (χ3v) is 1.88. The molecule has 0 aliphatic rings. The highest BCUT2D eigenvalue weighted by molar-refractivity contribution is 7.18.